The Hall–Kier alpha value is -0.613. The summed E-state index contributed by atoms with van der Waals surface area (Å²) in [5.41, 5.74) is 2.57. The van der Waals surface area contributed by atoms with Crippen LogP contribution in [0.1, 0.15) is 86.5 Å². The van der Waals surface area contributed by atoms with Gasteiger partial charge >= 0.3 is 5.97 Å². The first-order valence-electron chi connectivity index (χ1n) is 10.9. The summed E-state index contributed by atoms with van der Waals surface area (Å²) in [4.78, 5) is 12.0. The summed E-state index contributed by atoms with van der Waals surface area (Å²) < 4.78 is 5.50. The van der Waals surface area contributed by atoms with Crippen molar-refractivity contribution in [2.45, 2.75) is 117 Å². The van der Waals surface area contributed by atoms with Gasteiger partial charge < -0.3 is 9.84 Å². The normalized spacial score (nSPS) is 15.8. The average molecular weight is 385 g/mol. The quantitative estimate of drug-likeness (QED) is 0.267. The van der Waals surface area contributed by atoms with E-state index in [1.165, 1.54) is 56.7 Å². The number of hydrogen-bond acceptors (Lipinski definition) is 3. The van der Waals surface area contributed by atoms with Crippen LogP contribution >= 0.6 is 0 Å². The van der Waals surface area contributed by atoms with E-state index in [1.807, 2.05) is 6.92 Å². The Balaban J connectivity index is 4.85. The molecule has 0 rings (SSSR count). The van der Waals surface area contributed by atoms with Gasteiger partial charge in [-0.1, -0.05) is 89.2 Å². The largest absolute Gasteiger partial charge is 0.462 e. The fraction of sp³-hybridized carbons (Fsp3) is 0.864. The summed E-state index contributed by atoms with van der Waals surface area (Å²) in [6, 6.07) is 4.19. The number of ether oxygens (including phenoxy) is 1. The monoisotopic (exact) mass is 384 g/mol. The lowest BCUT2D eigenvalue weighted by molar-refractivity contribution is -0.155. The SMILES string of the molecule is CCCC[Si](/C=C/C[C@@H](C)OC(=O)[C@@H](C)[C@@H](C)O)(CCCC)CCCC. The van der Waals surface area contributed by atoms with Gasteiger partial charge in [-0.15, -0.1) is 0 Å². The van der Waals surface area contributed by atoms with Crippen molar-refractivity contribution in [3.8, 4) is 0 Å². The number of esters is 1. The lowest BCUT2D eigenvalue weighted by atomic mass is 10.1. The van der Waals surface area contributed by atoms with E-state index in [2.05, 4.69) is 32.5 Å². The maximum absolute atomic E-state index is 12.0. The summed E-state index contributed by atoms with van der Waals surface area (Å²) in [5.74, 6) is -0.763. The molecule has 26 heavy (non-hydrogen) atoms. The van der Waals surface area contributed by atoms with Crippen LogP contribution in [0.15, 0.2) is 11.8 Å². The summed E-state index contributed by atoms with van der Waals surface area (Å²) in [5, 5.41) is 9.52. The molecule has 0 saturated carbocycles. The van der Waals surface area contributed by atoms with Crippen molar-refractivity contribution in [1.29, 1.82) is 0 Å². The second-order valence-electron chi connectivity index (χ2n) is 8.09. The summed E-state index contributed by atoms with van der Waals surface area (Å²) >= 11 is 0. The molecule has 3 nitrogen and oxygen atoms in total. The van der Waals surface area contributed by atoms with Crippen LogP contribution in [0.3, 0.4) is 0 Å². The van der Waals surface area contributed by atoms with E-state index in [0.717, 1.165) is 6.42 Å². The molecule has 3 atom stereocenters. The fourth-order valence-electron chi connectivity index (χ4n) is 3.27. The molecule has 0 bridgehead atoms. The maximum atomic E-state index is 12.0. The summed E-state index contributed by atoms with van der Waals surface area (Å²) in [6.07, 6.45) is 10.1. The zero-order chi connectivity index (χ0) is 20.0. The standard InChI is InChI=1S/C22H44O3Si/c1-7-10-15-26(16-11-8-2,17-12-9-3)18-13-14-19(4)25-22(24)20(5)21(6)23/h13,18-21,23H,7-12,14-17H2,1-6H3/b18-13+/t19-,20+,21-/m1/s1. The first-order chi connectivity index (χ1) is 12.3. The Morgan fingerprint density at radius 2 is 1.42 bits per heavy atom. The van der Waals surface area contributed by atoms with Crippen LogP contribution in [0.2, 0.25) is 18.1 Å². The van der Waals surface area contributed by atoms with Crippen LogP contribution in [0.4, 0.5) is 0 Å². The van der Waals surface area contributed by atoms with Crippen molar-refractivity contribution in [3.05, 3.63) is 11.8 Å². The van der Waals surface area contributed by atoms with Gasteiger partial charge in [-0.25, -0.2) is 0 Å². The number of hydrogen-bond donors (Lipinski definition) is 1. The number of aliphatic hydroxyl groups is 1. The zero-order valence-corrected chi connectivity index (χ0v) is 19.2. The smallest absolute Gasteiger partial charge is 0.311 e. The Morgan fingerprint density at radius 1 is 0.962 bits per heavy atom. The first-order valence-corrected chi connectivity index (χ1v) is 13.6. The number of unbranched alkanes of at least 4 members (excludes halogenated alkanes) is 3. The second-order valence-corrected chi connectivity index (χ2v) is 12.6. The molecule has 0 aromatic carbocycles. The molecule has 0 unspecified atom stereocenters. The van der Waals surface area contributed by atoms with E-state index in [1.54, 1.807) is 13.8 Å². The van der Waals surface area contributed by atoms with Crippen LogP contribution < -0.4 is 0 Å². The van der Waals surface area contributed by atoms with E-state index in [4.69, 9.17) is 4.74 Å². The van der Waals surface area contributed by atoms with Gasteiger partial charge in [0.05, 0.1) is 20.1 Å². The molecule has 0 aromatic heterocycles. The van der Waals surface area contributed by atoms with Crippen molar-refractivity contribution in [1.82, 2.24) is 0 Å². The lowest BCUT2D eigenvalue weighted by Gasteiger charge is -2.29. The maximum Gasteiger partial charge on any atom is 0.311 e. The molecule has 0 fully saturated rings. The number of rotatable bonds is 15. The predicted molar refractivity (Wildman–Crippen MR) is 115 cm³/mol. The number of carbonyl (C=O) groups excluding carboxylic acids is 1. The van der Waals surface area contributed by atoms with Crippen LogP contribution in [-0.4, -0.2) is 31.4 Å². The Bertz CT molecular complexity index is 371. The summed E-state index contributed by atoms with van der Waals surface area (Å²) in [7, 11) is -1.37. The average Bonchev–Trinajstić information content (AvgIpc) is 2.61. The van der Waals surface area contributed by atoms with E-state index in [-0.39, 0.29) is 12.1 Å². The molecule has 0 saturated heterocycles. The van der Waals surface area contributed by atoms with E-state index in [0.29, 0.717) is 0 Å². The highest BCUT2D eigenvalue weighted by atomic mass is 28.3. The van der Waals surface area contributed by atoms with Gasteiger partial charge in [0.25, 0.3) is 0 Å². The predicted octanol–water partition coefficient (Wildman–Crippen LogP) is 6.27. The van der Waals surface area contributed by atoms with Crippen LogP contribution in [0, 0.1) is 5.92 Å². The van der Waals surface area contributed by atoms with E-state index in [9.17, 15) is 9.90 Å². The number of aliphatic hydroxyl groups excluding tert-OH is 1. The highest BCUT2D eigenvalue weighted by molar-refractivity contribution is 6.84. The third-order valence-electron chi connectivity index (χ3n) is 5.44. The molecule has 0 radical (unpaired) electrons. The van der Waals surface area contributed by atoms with Crippen molar-refractivity contribution in [3.63, 3.8) is 0 Å². The third-order valence-corrected chi connectivity index (χ3v) is 10.4. The second kappa shape index (κ2) is 14.4. The van der Waals surface area contributed by atoms with Crippen LogP contribution in [0.25, 0.3) is 0 Å². The molecular weight excluding hydrogens is 340 g/mol. The fourth-order valence-corrected chi connectivity index (χ4v) is 8.33. The molecule has 0 aliphatic heterocycles. The minimum absolute atomic E-state index is 0.129. The highest BCUT2D eigenvalue weighted by Crippen LogP contribution is 2.30. The van der Waals surface area contributed by atoms with Gasteiger partial charge in [-0.2, -0.15) is 0 Å². The molecule has 1 N–H and O–H groups in total. The number of carbonyl (C=O) groups is 1. The van der Waals surface area contributed by atoms with Gasteiger partial charge in [0.1, 0.15) is 6.10 Å². The lowest BCUT2D eigenvalue weighted by Crippen LogP contribution is -2.32. The van der Waals surface area contributed by atoms with Crippen molar-refractivity contribution in [2.24, 2.45) is 5.92 Å². The van der Waals surface area contributed by atoms with Gasteiger partial charge in [-0.3, -0.25) is 4.79 Å². The molecule has 154 valence electrons. The van der Waals surface area contributed by atoms with Crippen molar-refractivity contribution >= 4 is 14.0 Å². The Labute approximate surface area is 163 Å². The topological polar surface area (TPSA) is 46.5 Å². The minimum Gasteiger partial charge on any atom is -0.462 e. The third kappa shape index (κ3) is 10.5. The van der Waals surface area contributed by atoms with E-state index >= 15 is 0 Å². The molecule has 0 aromatic rings. The molecule has 4 heteroatoms. The van der Waals surface area contributed by atoms with Crippen LogP contribution in [-0.2, 0) is 9.53 Å². The molecular formula is C22H44O3Si. The Kier molecular flexibility index (Phi) is 14.1. The summed E-state index contributed by atoms with van der Waals surface area (Å²) in [6.45, 7) is 12.2. The van der Waals surface area contributed by atoms with Crippen LogP contribution in [0.5, 0.6) is 0 Å². The van der Waals surface area contributed by atoms with Crippen molar-refractivity contribution in [2.75, 3.05) is 0 Å². The van der Waals surface area contributed by atoms with Gasteiger partial charge in [0.15, 0.2) is 0 Å². The van der Waals surface area contributed by atoms with E-state index < -0.39 is 20.1 Å². The van der Waals surface area contributed by atoms with Gasteiger partial charge in [0.2, 0.25) is 0 Å². The molecule has 0 aliphatic carbocycles. The van der Waals surface area contributed by atoms with Gasteiger partial charge in [0, 0.05) is 6.42 Å². The molecule has 0 spiro atoms. The zero-order valence-electron chi connectivity index (χ0n) is 18.2. The molecule has 0 aliphatic rings. The Morgan fingerprint density at radius 3 is 1.81 bits per heavy atom. The first kappa shape index (κ1) is 25.4. The molecule has 0 amide bonds. The van der Waals surface area contributed by atoms with Crippen molar-refractivity contribution < 1.29 is 14.6 Å². The molecule has 0 heterocycles. The highest BCUT2D eigenvalue weighted by Gasteiger charge is 2.28. The minimum atomic E-state index is -1.37. The van der Waals surface area contributed by atoms with Gasteiger partial charge in [-0.05, 0) is 20.8 Å².